The second-order valence-corrected chi connectivity index (χ2v) is 3.70. The van der Waals surface area contributed by atoms with E-state index in [2.05, 4.69) is 24.0 Å². The second kappa shape index (κ2) is 4.63. The number of Topliss-reactive ketones (excluding diaryl/α,β-unsaturated/α-hetero) is 1. The van der Waals surface area contributed by atoms with Crippen molar-refractivity contribution in [1.82, 2.24) is 0 Å². The van der Waals surface area contributed by atoms with Crippen LogP contribution in [0, 0.1) is 17.8 Å². The Morgan fingerprint density at radius 3 is 2.31 bits per heavy atom. The van der Waals surface area contributed by atoms with Crippen molar-refractivity contribution in [2.24, 2.45) is 5.92 Å². The lowest BCUT2D eigenvalue weighted by Crippen LogP contribution is -1.90. The van der Waals surface area contributed by atoms with Crippen molar-refractivity contribution in [3.8, 4) is 11.8 Å². The number of benzene rings is 1. The van der Waals surface area contributed by atoms with Crippen LogP contribution in [0.25, 0.3) is 0 Å². The third-order valence-electron chi connectivity index (χ3n) is 2.42. The molecule has 0 heterocycles. The highest BCUT2D eigenvalue weighted by Gasteiger charge is 1.98. The van der Waals surface area contributed by atoms with E-state index < -0.39 is 0 Å². The molecule has 1 nitrogen and oxygen atoms in total. The largest absolute Gasteiger partial charge is 0.295 e. The van der Waals surface area contributed by atoms with Gasteiger partial charge in [0.05, 0.1) is 5.92 Å². The summed E-state index contributed by atoms with van der Waals surface area (Å²) in [5, 5.41) is 0. The van der Waals surface area contributed by atoms with E-state index in [1.807, 2.05) is 36.4 Å². The average Bonchev–Trinajstić information content (AvgIpc) is 2.80. The van der Waals surface area contributed by atoms with E-state index in [0.29, 0.717) is 0 Å². The van der Waals surface area contributed by atoms with E-state index in [4.69, 9.17) is 0 Å². The highest BCUT2D eigenvalue weighted by Crippen LogP contribution is 2.08. The summed E-state index contributed by atoms with van der Waals surface area (Å²) in [4.78, 5) is 11.1. The third-order valence-corrected chi connectivity index (χ3v) is 2.42. The highest BCUT2D eigenvalue weighted by atomic mass is 16.1. The molecule has 0 spiro atoms. The van der Waals surface area contributed by atoms with Gasteiger partial charge >= 0.3 is 0 Å². The van der Waals surface area contributed by atoms with Crippen LogP contribution in [0.3, 0.4) is 0 Å². The number of ketones is 1. The van der Waals surface area contributed by atoms with Gasteiger partial charge in [0.25, 0.3) is 0 Å². The summed E-state index contributed by atoms with van der Waals surface area (Å²) in [5.74, 6) is 6.54. The molecule has 1 aliphatic rings. The molecule has 0 aliphatic heterocycles. The van der Waals surface area contributed by atoms with Gasteiger partial charge in [0.1, 0.15) is 0 Å². The first-order valence-electron chi connectivity index (χ1n) is 5.23. The molecule has 0 N–H and O–H groups in total. The highest BCUT2D eigenvalue weighted by molar-refractivity contribution is 5.94. The van der Waals surface area contributed by atoms with Crippen LogP contribution in [0.4, 0.5) is 0 Å². The van der Waals surface area contributed by atoms with Crippen LogP contribution in [-0.4, -0.2) is 5.78 Å². The van der Waals surface area contributed by atoms with Gasteiger partial charge in [0.15, 0.2) is 5.78 Å². The Labute approximate surface area is 95.5 Å². The maximum atomic E-state index is 11.1. The molecule has 0 fully saturated rings. The normalized spacial score (nSPS) is 13.6. The predicted molar refractivity (Wildman–Crippen MR) is 65.1 cm³/mol. The van der Waals surface area contributed by atoms with E-state index in [1.54, 1.807) is 6.92 Å². The topological polar surface area (TPSA) is 17.1 Å². The zero-order valence-corrected chi connectivity index (χ0v) is 9.10. The molecule has 0 atom stereocenters. The number of carbonyl (C=O) groups excluding carboxylic acids is 1. The molecule has 0 saturated heterocycles. The van der Waals surface area contributed by atoms with Crippen LogP contribution in [0.2, 0.25) is 0 Å². The maximum absolute atomic E-state index is 11.1. The Balaban J connectivity index is 2.13. The summed E-state index contributed by atoms with van der Waals surface area (Å²) in [7, 11) is 0. The molecule has 0 saturated carbocycles. The van der Waals surface area contributed by atoms with Crippen molar-refractivity contribution < 1.29 is 4.79 Å². The number of hydrogen-bond donors (Lipinski definition) is 0. The molecule has 0 radical (unpaired) electrons. The Bertz CT molecular complexity index is 495. The van der Waals surface area contributed by atoms with Crippen LogP contribution in [0.5, 0.6) is 0 Å². The van der Waals surface area contributed by atoms with Crippen molar-refractivity contribution in [2.45, 2.75) is 6.92 Å². The van der Waals surface area contributed by atoms with Crippen molar-refractivity contribution in [2.75, 3.05) is 0 Å². The van der Waals surface area contributed by atoms with Crippen molar-refractivity contribution in [3.63, 3.8) is 0 Å². The van der Waals surface area contributed by atoms with Crippen molar-refractivity contribution >= 4 is 5.78 Å². The first kappa shape index (κ1) is 10.4. The fourth-order valence-corrected chi connectivity index (χ4v) is 1.48. The summed E-state index contributed by atoms with van der Waals surface area (Å²) in [6.07, 6.45) is 8.10. The van der Waals surface area contributed by atoms with Crippen LogP contribution in [-0.2, 0) is 0 Å². The summed E-state index contributed by atoms with van der Waals surface area (Å²) in [5.41, 5.74) is 1.67. The predicted octanol–water partition coefficient (Wildman–Crippen LogP) is 2.98. The molecule has 78 valence electrons. The Morgan fingerprint density at radius 1 is 1.12 bits per heavy atom. The zero-order valence-electron chi connectivity index (χ0n) is 9.10. The van der Waals surface area contributed by atoms with Crippen molar-refractivity contribution in [3.05, 3.63) is 59.7 Å². The summed E-state index contributed by atoms with van der Waals surface area (Å²) in [6.45, 7) is 1.56. The van der Waals surface area contributed by atoms with E-state index in [0.717, 1.165) is 11.1 Å². The molecule has 1 aromatic carbocycles. The molecular formula is C15H12O. The first-order valence-corrected chi connectivity index (χ1v) is 5.23. The van der Waals surface area contributed by atoms with Gasteiger partial charge in [-0.3, -0.25) is 4.79 Å². The minimum Gasteiger partial charge on any atom is -0.295 e. The Hall–Kier alpha value is -2.07. The monoisotopic (exact) mass is 208 g/mol. The molecular weight excluding hydrogens is 196 g/mol. The van der Waals surface area contributed by atoms with Gasteiger partial charge in [-0.15, -0.1) is 0 Å². The van der Waals surface area contributed by atoms with Crippen LogP contribution < -0.4 is 0 Å². The number of rotatable bonds is 1. The van der Waals surface area contributed by atoms with E-state index in [-0.39, 0.29) is 11.7 Å². The lowest BCUT2D eigenvalue weighted by molar-refractivity contribution is 0.101. The molecule has 1 heteroatoms. The van der Waals surface area contributed by atoms with Gasteiger partial charge < -0.3 is 0 Å². The Kier molecular flexibility index (Phi) is 3.03. The lowest BCUT2D eigenvalue weighted by Gasteiger charge is -1.95. The molecule has 2 rings (SSSR count). The van der Waals surface area contributed by atoms with E-state index >= 15 is 0 Å². The summed E-state index contributed by atoms with van der Waals surface area (Å²) >= 11 is 0. The molecule has 0 bridgehead atoms. The zero-order chi connectivity index (χ0) is 11.4. The smallest absolute Gasteiger partial charge is 0.159 e. The quantitative estimate of drug-likeness (QED) is 0.512. The third kappa shape index (κ3) is 2.49. The molecule has 0 unspecified atom stereocenters. The van der Waals surface area contributed by atoms with Crippen LogP contribution >= 0.6 is 0 Å². The first-order chi connectivity index (χ1) is 7.75. The molecule has 0 aromatic heterocycles. The SMILES string of the molecule is CC(=O)c1ccc(C#CC2C=CC=C2)cc1. The fraction of sp³-hybridized carbons (Fsp3) is 0.133. The summed E-state index contributed by atoms with van der Waals surface area (Å²) < 4.78 is 0. The fourth-order valence-electron chi connectivity index (χ4n) is 1.48. The van der Waals surface area contributed by atoms with Crippen molar-refractivity contribution in [1.29, 1.82) is 0 Å². The molecule has 1 aliphatic carbocycles. The molecule has 0 amide bonds. The summed E-state index contributed by atoms with van der Waals surface area (Å²) in [6, 6.07) is 7.39. The van der Waals surface area contributed by atoms with Gasteiger partial charge in [-0.1, -0.05) is 48.3 Å². The minimum absolute atomic E-state index is 0.0844. The maximum Gasteiger partial charge on any atom is 0.159 e. The van der Waals surface area contributed by atoms with Crippen LogP contribution in [0.1, 0.15) is 22.8 Å². The average molecular weight is 208 g/mol. The van der Waals surface area contributed by atoms with E-state index in [1.165, 1.54) is 0 Å². The Morgan fingerprint density at radius 2 is 1.75 bits per heavy atom. The van der Waals surface area contributed by atoms with Gasteiger partial charge in [0.2, 0.25) is 0 Å². The van der Waals surface area contributed by atoms with Crippen LogP contribution in [0.15, 0.2) is 48.6 Å². The molecule has 1 aromatic rings. The van der Waals surface area contributed by atoms with Gasteiger partial charge in [-0.05, 0) is 19.1 Å². The number of carbonyl (C=O) groups is 1. The number of allylic oxidation sites excluding steroid dienone is 4. The lowest BCUT2D eigenvalue weighted by atomic mass is 10.1. The molecule has 16 heavy (non-hydrogen) atoms. The van der Waals surface area contributed by atoms with Gasteiger partial charge in [-0.25, -0.2) is 0 Å². The van der Waals surface area contributed by atoms with Gasteiger partial charge in [-0.2, -0.15) is 0 Å². The number of hydrogen-bond acceptors (Lipinski definition) is 1. The standard InChI is InChI=1S/C15H12O/c1-12(16)15-10-8-14(9-11-15)7-6-13-4-2-3-5-13/h2-5,8-11,13H,1H3. The van der Waals surface area contributed by atoms with Gasteiger partial charge in [0, 0.05) is 11.1 Å². The second-order valence-electron chi connectivity index (χ2n) is 3.70. The minimum atomic E-state index is 0.0844. The van der Waals surface area contributed by atoms with E-state index in [9.17, 15) is 4.79 Å².